The van der Waals surface area contributed by atoms with Crippen molar-refractivity contribution in [3.05, 3.63) is 0 Å². The van der Waals surface area contributed by atoms with Crippen LogP contribution >= 0.6 is 15.9 Å². The van der Waals surface area contributed by atoms with E-state index in [4.69, 9.17) is 9.47 Å². The molecule has 1 aromatic heterocycles. The standard InChI is InChI=1S/C10H17BrN4O2/c1-4-7(11)5-6-12-8-13-9(16-2)15-10(14-8)17-3/h7H,4-6H2,1-3H3,(H,12,13,14,15). The number of hydrogen-bond acceptors (Lipinski definition) is 6. The Morgan fingerprint density at radius 1 is 1.18 bits per heavy atom. The zero-order chi connectivity index (χ0) is 12.7. The average Bonchev–Trinajstić information content (AvgIpc) is 2.37. The van der Waals surface area contributed by atoms with E-state index in [0.29, 0.717) is 10.8 Å². The second kappa shape index (κ2) is 7.26. The number of nitrogens with zero attached hydrogens (tertiary/aromatic N) is 3. The maximum Gasteiger partial charge on any atom is 0.324 e. The zero-order valence-corrected chi connectivity index (χ0v) is 11.8. The lowest BCUT2D eigenvalue weighted by Gasteiger charge is -2.09. The minimum atomic E-state index is 0.241. The smallest absolute Gasteiger partial charge is 0.324 e. The molecular weight excluding hydrogens is 288 g/mol. The first-order valence-electron chi connectivity index (χ1n) is 5.41. The molecule has 0 fully saturated rings. The molecule has 1 atom stereocenters. The van der Waals surface area contributed by atoms with Gasteiger partial charge in [0.25, 0.3) is 0 Å². The van der Waals surface area contributed by atoms with Crippen LogP contribution < -0.4 is 14.8 Å². The molecule has 1 heterocycles. The van der Waals surface area contributed by atoms with E-state index in [1.807, 2.05) is 0 Å². The third-order valence-corrected chi connectivity index (χ3v) is 3.25. The molecule has 0 aliphatic carbocycles. The summed E-state index contributed by atoms with van der Waals surface area (Å²) in [5.41, 5.74) is 0. The maximum atomic E-state index is 4.95. The first-order chi connectivity index (χ1) is 8.19. The molecule has 0 aliphatic heterocycles. The molecule has 1 rings (SSSR count). The first-order valence-corrected chi connectivity index (χ1v) is 6.33. The van der Waals surface area contributed by atoms with Gasteiger partial charge in [-0.1, -0.05) is 22.9 Å². The van der Waals surface area contributed by atoms with E-state index in [9.17, 15) is 0 Å². The van der Waals surface area contributed by atoms with Gasteiger partial charge >= 0.3 is 12.0 Å². The fraction of sp³-hybridized carbons (Fsp3) is 0.700. The number of nitrogens with one attached hydrogen (secondary N) is 1. The summed E-state index contributed by atoms with van der Waals surface area (Å²) >= 11 is 3.56. The van der Waals surface area contributed by atoms with Gasteiger partial charge in [0.05, 0.1) is 14.2 Å². The van der Waals surface area contributed by atoms with Gasteiger partial charge in [0.15, 0.2) is 0 Å². The largest absolute Gasteiger partial charge is 0.467 e. The minimum absolute atomic E-state index is 0.241. The van der Waals surface area contributed by atoms with Crippen molar-refractivity contribution >= 4 is 21.9 Å². The lowest BCUT2D eigenvalue weighted by molar-refractivity contribution is 0.341. The highest BCUT2D eigenvalue weighted by Gasteiger charge is 2.07. The number of rotatable bonds is 7. The van der Waals surface area contributed by atoms with Gasteiger partial charge in [0, 0.05) is 11.4 Å². The summed E-state index contributed by atoms with van der Waals surface area (Å²) in [6, 6.07) is 0.482. The Kier molecular flexibility index (Phi) is 5.96. The Bertz CT molecular complexity index is 329. The molecule has 0 saturated carbocycles. The van der Waals surface area contributed by atoms with E-state index in [1.165, 1.54) is 14.2 Å². The fourth-order valence-electron chi connectivity index (χ4n) is 1.14. The minimum Gasteiger partial charge on any atom is -0.467 e. The number of alkyl halides is 1. The van der Waals surface area contributed by atoms with Gasteiger partial charge in [-0.25, -0.2) is 0 Å². The third kappa shape index (κ3) is 4.72. The quantitative estimate of drug-likeness (QED) is 0.776. The van der Waals surface area contributed by atoms with Crippen LogP contribution in [0.4, 0.5) is 5.95 Å². The molecule has 1 N–H and O–H groups in total. The molecule has 6 nitrogen and oxygen atoms in total. The molecule has 7 heteroatoms. The predicted octanol–water partition coefficient (Wildman–Crippen LogP) is 1.86. The van der Waals surface area contributed by atoms with E-state index in [0.717, 1.165) is 19.4 Å². The summed E-state index contributed by atoms with van der Waals surface area (Å²) in [7, 11) is 3.01. The molecule has 17 heavy (non-hydrogen) atoms. The molecule has 0 radical (unpaired) electrons. The topological polar surface area (TPSA) is 69.2 Å². The first kappa shape index (κ1) is 14.0. The van der Waals surface area contributed by atoms with Crippen LogP contribution in [0.3, 0.4) is 0 Å². The molecule has 0 aliphatic rings. The van der Waals surface area contributed by atoms with Crippen LogP contribution in [-0.2, 0) is 0 Å². The molecule has 0 amide bonds. The third-order valence-electron chi connectivity index (χ3n) is 2.14. The van der Waals surface area contributed by atoms with Crippen LogP contribution in [0, 0.1) is 0 Å². The summed E-state index contributed by atoms with van der Waals surface area (Å²) < 4.78 is 9.91. The van der Waals surface area contributed by atoms with Crippen LogP contribution in [-0.4, -0.2) is 40.5 Å². The van der Waals surface area contributed by atoms with Crippen LogP contribution in [0.2, 0.25) is 0 Å². The Morgan fingerprint density at radius 2 is 1.76 bits per heavy atom. The zero-order valence-electron chi connectivity index (χ0n) is 10.2. The highest BCUT2D eigenvalue weighted by molar-refractivity contribution is 9.09. The SMILES string of the molecule is CCC(Br)CCNc1nc(OC)nc(OC)n1. The highest BCUT2D eigenvalue weighted by atomic mass is 79.9. The van der Waals surface area contributed by atoms with Gasteiger partial charge < -0.3 is 14.8 Å². The van der Waals surface area contributed by atoms with Crippen molar-refractivity contribution in [2.45, 2.75) is 24.6 Å². The molecule has 0 saturated heterocycles. The molecular formula is C10H17BrN4O2. The van der Waals surface area contributed by atoms with E-state index in [-0.39, 0.29) is 12.0 Å². The van der Waals surface area contributed by atoms with Crippen LogP contribution in [0.25, 0.3) is 0 Å². The number of hydrogen-bond donors (Lipinski definition) is 1. The number of aromatic nitrogens is 3. The van der Waals surface area contributed by atoms with Crippen LogP contribution in [0.1, 0.15) is 19.8 Å². The normalized spacial score (nSPS) is 12.0. The van der Waals surface area contributed by atoms with Crippen molar-refractivity contribution in [3.8, 4) is 12.0 Å². The van der Waals surface area contributed by atoms with Crippen molar-refractivity contribution < 1.29 is 9.47 Å². The summed E-state index contributed by atoms with van der Waals surface area (Å²) in [6.45, 7) is 2.91. The number of halogens is 1. The van der Waals surface area contributed by atoms with E-state index < -0.39 is 0 Å². The van der Waals surface area contributed by atoms with Gasteiger partial charge in [0.2, 0.25) is 5.95 Å². The van der Waals surface area contributed by atoms with Crippen LogP contribution in [0.15, 0.2) is 0 Å². The van der Waals surface area contributed by atoms with Crippen LogP contribution in [0.5, 0.6) is 12.0 Å². The van der Waals surface area contributed by atoms with Gasteiger partial charge in [-0.05, 0) is 12.8 Å². The average molecular weight is 305 g/mol. The van der Waals surface area contributed by atoms with Crippen molar-refractivity contribution in [2.75, 3.05) is 26.1 Å². The Labute approximate surface area is 109 Å². The van der Waals surface area contributed by atoms with Gasteiger partial charge in [-0.3, -0.25) is 0 Å². The second-order valence-electron chi connectivity index (χ2n) is 3.35. The highest BCUT2D eigenvalue weighted by Crippen LogP contribution is 2.13. The molecule has 1 aromatic rings. The van der Waals surface area contributed by atoms with Crippen molar-refractivity contribution in [1.29, 1.82) is 0 Å². The number of ether oxygens (including phenoxy) is 2. The van der Waals surface area contributed by atoms with Crippen molar-refractivity contribution in [3.63, 3.8) is 0 Å². The van der Waals surface area contributed by atoms with E-state index in [2.05, 4.69) is 43.1 Å². The predicted molar refractivity (Wildman–Crippen MR) is 69.0 cm³/mol. The lowest BCUT2D eigenvalue weighted by Crippen LogP contribution is -2.11. The van der Waals surface area contributed by atoms with E-state index >= 15 is 0 Å². The molecule has 0 aromatic carbocycles. The number of methoxy groups -OCH3 is 2. The van der Waals surface area contributed by atoms with Gasteiger partial charge in [-0.15, -0.1) is 4.98 Å². The Hall–Kier alpha value is -1.11. The van der Waals surface area contributed by atoms with Crippen molar-refractivity contribution in [2.24, 2.45) is 0 Å². The molecule has 1 unspecified atom stereocenters. The summed E-state index contributed by atoms with van der Waals surface area (Å²) in [6.07, 6.45) is 2.08. The summed E-state index contributed by atoms with van der Waals surface area (Å²) in [5, 5.41) is 3.11. The van der Waals surface area contributed by atoms with Crippen molar-refractivity contribution in [1.82, 2.24) is 15.0 Å². The van der Waals surface area contributed by atoms with Gasteiger partial charge in [0.1, 0.15) is 0 Å². The second-order valence-corrected chi connectivity index (χ2v) is 4.65. The maximum absolute atomic E-state index is 4.95. The molecule has 96 valence electrons. The Balaban J connectivity index is 2.57. The Morgan fingerprint density at radius 3 is 2.24 bits per heavy atom. The monoisotopic (exact) mass is 304 g/mol. The van der Waals surface area contributed by atoms with E-state index in [1.54, 1.807) is 0 Å². The number of anilines is 1. The fourth-order valence-corrected chi connectivity index (χ4v) is 1.37. The summed E-state index contributed by atoms with van der Waals surface area (Å²) in [4.78, 5) is 12.6. The molecule has 0 bridgehead atoms. The molecule has 0 spiro atoms. The summed E-state index contributed by atoms with van der Waals surface area (Å²) in [5.74, 6) is 0.463. The van der Waals surface area contributed by atoms with Gasteiger partial charge in [-0.2, -0.15) is 9.97 Å². The lowest BCUT2D eigenvalue weighted by atomic mass is 10.2.